The summed E-state index contributed by atoms with van der Waals surface area (Å²) < 4.78 is 10.5. The van der Waals surface area contributed by atoms with Gasteiger partial charge >= 0.3 is 0 Å². The fourth-order valence-electron chi connectivity index (χ4n) is 2.49. The first-order valence-electron chi connectivity index (χ1n) is 7.78. The van der Waals surface area contributed by atoms with Crippen molar-refractivity contribution in [1.82, 2.24) is 0 Å². The second-order valence-electron chi connectivity index (χ2n) is 5.59. The zero-order chi connectivity index (χ0) is 18.6. The maximum Gasteiger partial charge on any atom is 0.251 e. The highest BCUT2D eigenvalue weighted by molar-refractivity contribution is 7.16. The predicted octanol–water partition coefficient (Wildman–Crippen LogP) is 3.05. The Balaban J connectivity index is 2.05. The summed E-state index contributed by atoms with van der Waals surface area (Å²) in [5, 5.41) is 3.31. The molecule has 7 heteroatoms. The van der Waals surface area contributed by atoms with Gasteiger partial charge < -0.3 is 20.5 Å². The third kappa shape index (κ3) is 4.30. The van der Waals surface area contributed by atoms with Crippen molar-refractivity contribution in [3.8, 4) is 11.5 Å². The number of ether oxygens (including phenoxy) is 2. The van der Waals surface area contributed by atoms with E-state index >= 15 is 0 Å². The standard InChI is InChI=1S/C18H22N2O4S/c1-10-11(2)25-18(16(10)17(19)22)20-15(21)8-6-12-5-7-13(23-3)14(9-12)24-4/h5,7,9H,6,8H2,1-4H3,(H2,19,22)(H,20,21). The molecule has 25 heavy (non-hydrogen) atoms. The number of hydrogen-bond donors (Lipinski definition) is 2. The first kappa shape index (κ1) is 18.8. The van der Waals surface area contributed by atoms with E-state index in [1.165, 1.54) is 11.3 Å². The van der Waals surface area contributed by atoms with Crippen molar-refractivity contribution in [2.75, 3.05) is 19.5 Å². The lowest BCUT2D eigenvalue weighted by molar-refractivity contribution is -0.116. The molecule has 0 radical (unpaired) electrons. The molecule has 2 rings (SSSR count). The molecule has 0 aliphatic carbocycles. The monoisotopic (exact) mass is 362 g/mol. The Labute approximate surface area is 150 Å². The van der Waals surface area contributed by atoms with Gasteiger partial charge in [-0.05, 0) is 43.5 Å². The Kier molecular flexibility index (Phi) is 6.03. The van der Waals surface area contributed by atoms with Crippen LogP contribution in [0.5, 0.6) is 11.5 Å². The molecule has 1 aromatic carbocycles. The van der Waals surface area contributed by atoms with Gasteiger partial charge in [-0.2, -0.15) is 0 Å². The maximum absolute atomic E-state index is 12.2. The van der Waals surface area contributed by atoms with Crippen LogP contribution in [0.3, 0.4) is 0 Å². The first-order valence-corrected chi connectivity index (χ1v) is 8.59. The van der Waals surface area contributed by atoms with Gasteiger partial charge in [0.25, 0.3) is 5.91 Å². The van der Waals surface area contributed by atoms with Gasteiger partial charge in [-0.25, -0.2) is 0 Å². The summed E-state index contributed by atoms with van der Waals surface area (Å²) in [5.41, 5.74) is 7.58. The molecule has 2 aromatic rings. The van der Waals surface area contributed by atoms with Gasteiger partial charge in [0.05, 0.1) is 19.8 Å². The van der Waals surface area contributed by atoms with Crippen molar-refractivity contribution in [2.24, 2.45) is 5.73 Å². The second kappa shape index (κ2) is 8.02. The number of thiophene rings is 1. The SMILES string of the molecule is COc1ccc(CCC(=O)Nc2sc(C)c(C)c2C(N)=O)cc1OC. The van der Waals surface area contributed by atoms with E-state index < -0.39 is 5.91 Å². The highest BCUT2D eigenvalue weighted by Crippen LogP contribution is 2.32. The lowest BCUT2D eigenvalue weighted by Gasteiger charge is -2.10. The Bertz CT molecular complexity index is 799. The number of rotatable bonds is 7. The third-order valence-electron chi connectivity index (χ3n) is 3.97. The predicted molar refractivity (Wildman–Crippen MR) is 98.8 cm³/mol. The molecule has 0 spiro atoms. The van der Waals surface area contributed by atoms with Crippen molar-refractivity contribution in [3.05, 3.63) is 39.8 Å². The van der Waals surface area contributed by atoms with Gasteiger partial charge in [-0.3, -0.25) is 9.59 Å². The van der Waals surface area contributed by atoms with Crippen molar-refractivity contribution in [3.63, 3.8) is 0 Å². The molecule has 0 saturated heterocycles. The molecular formula is C18H22N2O4S. The Morgan fingerprint density at radius 3 is 2.44 bits per heavy atom. The molecule has 0 bridgehead atoms. The van der Waals surface area contributed by atoms with Gasteiger partial charge in [-0.15, -0.1) is 11.3 Å². The van der Waals surface area contributed by atoms with E-state index in [2.05, 4.69) is 5.32 Å². The molecule has 1 heterocycles. The van der Waals surface area contributed by atoms with Gasteiger partial charge in [0, 0.05) is 11.3 Å². The summed E-state index contributed by atoms with van der Waals surface area (Å²) in [7, 11) is 3.15. The van der Waals surface area contributed by atoms with Crippen LogP contribution in [0, 0.1) is 13.8 Å². The van der Waals surface area contributed by atoms with E-state index in [-0.39, 0.29) is 12.3 Å². The largest absolute Gasteiger partial charge is 0.493 e. The van der Waals surface area contributed by atoms with Crippen LogP contribution in [0.1, 0.15) is 32.8 Å². The number of carbonyl (C=O) groups is 2. The summed E-state index contributed by atoms with van der Waals surface area (Å²) >= 11 is 1.36. The molecule has 0 unspecified atom stereocenters. The van der Waals surface area contributed by atoms with Gasteiger partial charge in [-0.1, -0.05) is 6.07 Å². The van der Waals surface area contributed by atoms with E-state index in [1.54, 1.807) is 14.2 Å². The lowest BCUT2D eigenvalue weighted by atomic mass is 10.1. The molecule has 0 aliphatic heterocycles. The smallest absolute Gasteiger partial charge is 0.251 e. The van der Waals surface area contributed by atoms with Crippen LogP contribution in [0.2, 0.25) is 0 Å². The van der Waals surface area contributed by atoms with Gasteiger partial charge in [0.15, 0.2) is 11.5 Å². The number of carbonyl (C=O) groups excluding carboxylic acids is 2. The number of amides is 2. The number of aryl methyl sites for hydroxylation is 2. The minimum Gasteiger partial charge on any atom is -0.493 e. The van der Waals surface area contributed by atoms with Crippen LogP contribution in [-0.2, 0) is 11.2 Å². The van der Waals surface area contributed by atoms with Crippen LogP contribution in [0.25, 0.3) is 0 Å². The summed E-state index contributed by atoms with van der Waals surface area (Å²) in [5.74, 6) is 0.572. The minimum atomic E-state index is -0.531. The molecule has 6 nitrogen and oxygen atoms in total. The lowest BCUT2D eigenvalue weighted by Crippen LogP contribution is -2.17. The number of nitrogens with two attached hydrogens (primary N) is 1. The zero-order valence-electron chi connectivity index (χ0n) is 14.8. The first-order chi connectivity index (χ1) is 11.9. The van der Waals surface area contributed by atoms with E-state index in [4.69, 9.17) is 15.2 Å². The van der Waals surface area contributed by atoms with Crippen LogP contribution in [-0.4, -0.2) is 26.0 Å². The number of primary amides is 1. The number of methoxy groups -OCH3 is 2. The number of hydrogen-bond acceptors (Lipinski definition) is 5. The second-order valence-corrected chi connectivity index (χ2v) is 6.81. The van der Waals surface area contributed by atoms with E-state index in [0.717, 1.165) is 16.0 Å². The van der Waals surface area contributed by atoms with Crippen LogP contribution in [0.15, 0.2) is 18.2 Å². The molecule has 0 saturated carbocycles. The quantitative estimate of drug-likeness (QED) is 0.792. The number of nitrogens with one attached hydrogen (secondary N) is 1. The van der Waals surface area contributed by atoms with E-state index in [9.17, 15) is 9.59 Å². The molecule has 2 amide bonds. The highest BCUT2D eigenvalue weighted by atomic mass is 32.1. The van der Waals surface area contributed by atoms with Crippen LogP contribution in [0.4, 0.5) is 5.00 Å². The number of benzene rings is 1. The summed E-state index contributed by atoms with van der Waals surface area (Å²) in [6.07, 6.45) is 0.825. The minimum absolute atomic E-state index is 0.168. The van der Waals surface area contributed by atoms with Crippen molar-refractivity contribution >= 4 is 28.2 Å². The number of anilines is 1. The maximum atomic E-state index is 12.2. The Morgan fingerprint density at radius 1 is 1.16 bits per heavy atom. The molecule has 1 aromatic heterocycles. The van der Waals surface area contributed by atoms with Crippen LogP contribution < -0.4 is 20.5 Å². The molecule has 0 aliphatic rings. The summed E-state index contributed by atoms with van der Waals surface area (Å²) in [6, 6.07) is 5.55. The van der Waals surface area contributed by atoms with Crippen molar-refractivity contribution < 1.29 is 19.1 Å². The Morgan fingerprint density at radius 2 is 1.84 bits per heavy atom. The normalized spacial score (nSPS) is 10.4. The topological polar surface area (TPSA) is 90.6 Å². The fraction of sp³-hybridized carbons (Fsp3) is 0.333. The third-order valence-corrected chi connectivity index (χ3v) is 5.10. The molecule has 3 N–H and O–H groups in total. The summed E-state index contributed by atoms with van der Waals surface area (Å²) in [4.78, 5) is 24.8. The van der Waals surface area contributed by atoms with Crippen LogP contribution >= 0.6 is 11.3 Å². The summed E-state index contributed by atoms with van der Waals surface area (Å²) in [6.45, 7) is 3.72. The average Bonchev–Trinajstić information content (AvgIpc) is 2.86. The molecule has 134 valence electrons. The highest BCUT2D eigenvalue weighted by Gasteiger charge is 2.18. The molecular weight excluding hydrogens is 340 g/mol. The molecule has 0 atom stereocenters. The van der Waals surface area contributed by atoms with Gasteiger partial charge in [0.1, 0.15) is 5.00 Å². The van der Waals surface area contributed by atoms with Crippen molar-refractivity contribution in [1.29, 1.82) is 0 Å². The Hall–Kier alpha value is -2.54. The van der Waals surface area contributed by atoms with Gasteiger partial charge in [0.2, 0.25) is 5.91 Å². The van der Waals surface area contributed by atoms with E-state index in [0.29, 0.717) is 28.5 Å². The molecule has 0 fully saturated rings. The average molecular weight is 362 g/mol. The van der Waals surface area contributed by atoms with E-state index in [1.807, 2.05) is 32.0 Å². The van der Waals surface area contributed by atoms with Crippen molar-refractivity contribution in [2.45, 2.75) is 26.7 Å². The zero-order valence-corrected chi connectivity index (χ0v) is 15.6. The fourth-order valence-corrected chi connectivity index (χ4v) is 3.58.